The number of amides is 1. The van der Waals surface area contributed by atoms with Crippen LogP contribution < -0.4 is 5.32 Å². The van der Waals surface area contributed by atoms with Crippen LogP contribution in [0, 0.1) is 6.92 Å². The van der Waals surface area contributed by atoms with Crippen molar-refractivity contribution in [3.05, 3.63) is 47.8 Å². The van der Waals surface area contributed by atoms with Crippen LogP contribution in [-0.2, 0) is 17.5 Å². The largest absolute Gasteiger partial charge is 0.416 e. The summed E-state index contributed by atoms with van der Waals surface area (Å²) in [6, 6.07) is 4.28. The normalized spacial score (nSPS) is 11.4. The number of carbonyl (C=O) groups excluding carboxylic acids is 1. The first-order valence-electron chi connectivity index (χ1n) is 5.81. The van der Waals surface area contributed by atoms with Gasteiger partial charge in [-0.2, -0.15) is 18.3 Å². The van der Waals surface area contributed by atoms with Crippen LogP contribution >= 0.6 is 0 Å². The van der Waals surface area contributed by atoms with E-state index in [-0.39, 0.29) is 12.5 Å². The van der Waals surface area contributed by atoms with Crippen LogP contribution in [0.3, 0.4) is 0 Å². The van der Waals surface area contributed by atoms with E-state index in [1.54, 1.807) is 12.4 Å². The molecule has 1 heterocycles. The summed E-state index contributed by atoms with van der Waals surface area (Å²) in [5.41, 5.74) is 0.484. The van der Waals surface area contributed by atoms with Crippen LogP contribution in [0.25, 0.3) is 0 Å². The molecule has 0 aliphatic rings. The Kier molecular flexibility index (Phi) is 3.78. The molecule has 0 fully saturated rings. The van der Waals surface area contributed by atoms with E-state index in [1.807, 2.05) is 6.92 Å². The van der Waals surface area contributed by atoms with Gasteiger partial charge in [0.2, 0.25) is 5.91 Å². The second-order valence-electron chi connectivity index (χ2n) is 4.34. The molecule has 0 saturated heterocycles. The molecular weight excluding hydrogens is 271 g/mol. The molecule has 20 heavy (non-hydrogen) atoms. The SMILES string of the molecule is Cc1cnn(CC(=O)Nc2ccc(C(F)(F)F)cc2)c1. The molecule has 1 N–H and O–H groups in total. The van der Waals surface area contributed by atoms with E-state index in [4.69, 9.17) is 0 Å². The molecule has 2 rings (SSSR count). The number of rotatable bonds is 3. The lowest BCUT2D eigenvalue weighted by Crippen LogP contribution is -2.19. The topological polar surface area (TPSA) is 46.9 Å². The summed E-state index contributed by atoms with van der Waals surface area (Å²) in [5.74, 6) is -0.354. The van der Waals surface area contributed by atoms with Gasteiger partial charge in [0.15, 0.2) is 0 Å². The molecule has 2 aromatic rings. The van der Waals surface area contributed by atoms with E-state index in [9.17, 15) is 18.0 Å². The minimum atomic E-state index is -4.38. The standard InChI is InChI=1S/C13H12F3N3O/c1-9-6-17-19(7-9)8-12(20)18-11-4-2-10(3-5-11)13(14,15)16/h2-7H,8H2,1H3,(H,18,20). The molecule has 0 saturated carbocycles. The van der Waals surface area contributed by atoms with Gasteiger partial charge in [0.25, 0.3) is 0 Å². The lowest BCUT2D eigenvalue weighted by molar-refractivity contribution is -0.137. The number of benzene rings is 1. The van der Waals surface area contributed by atoms with Gasteiger partial charge in [-0.1, -0.05) is 0 Å². The van der Waals surface area contributed by atoms with Crippen LogP contribution in [-0.4, -0.2) is 15.7 Å². The fraction of sp³-hybridized carbons (Fsp3) is 0.231. The molecule has 0 spiro atoms. The lowest BCUT2D eigenvalue weighted by atomic mass is 10.2. The van der Waals surface area contributed by atoms with Gasteiger partial charge < -0.3 is 5.32 Å². The molecule has 0 bridgehead atoms. The first-order chi connectivity index (χ1) is 9.34. The third kappa shape index (κ3) is 3.59. The fourth-order valence-electron chi connectivity index (χ4n) is 1.64. The van der Waals surface area contributed by atoms with Crippen molar-refractivity contribution in [3.63, 3.8) is 0 Å². The third-order valence-corrected chi connectivity index (χ3v) is 2.56. The van der Waals surface area contributed by atoms with E-state index in [1.165, 1.54) is 16.8 Å². The van der Waals surface area contributed by atoms with Gasteiger partial charge in [-0.05, 0) is 36.8 Å². The smallest absolute Gasteiger partial charge is 0.324 e. The Morgan fingerprint density at radius 2 is 1.95 bits per heavy atom. The van der Waals surface area contributed by atoms with Gasteiger partial charge in [0, 0.05) is 11.9 Å². The molecule has 0 aliphatic carbocycles. The predicted molar refractivity (Wildman–Crippen MR) is 67.0 cm³/mol. The number of aromatic nitrogens is 2. The number of hydrogen-bond acceptors (Lipinski definition) is 2. The van der Waals surface area contributed by atoms with Crippen LogP contribution in [0.2, 0.25) is 0 Å². The van der Waals surface area contributed by atoms with E-state index in [0.29, 0.717) is 5.69 Å². The maximum absolute atomic E-state index is 12.4. The highest BCUT2D eigenvalue weighted by Gasteiger charge is 2.29. The number of aryl methyl sites for hydroxylation is 1. The molecule has 7 heteroatoms. The van der Waals surface area contributed by atoms with Crippen LogP contribution in [0.4, 0.5) is 18.9 Å². The number of halogens is 3. The molecule has 1 aromatic heterocycles. The Hall–Kier alpha value is -2.31. The van der Waals surface area contributed by atoms with Crippen molar-refractivity contribution >= 4 is 11.6 Å². The molecule has 1 amide bonds. The fourth-order valence-corrected chi connectivity index (χ4v) is 1.64. The minimum absolute atomic E-state index is 0.00879. The number of nitrogens with zero attached hydrogens (tertiary/aromatic N) is 2. The van der Waals surface area contributed by atoms with Crippen molar-refractivity contribution in [2.75, 3.05) is 5.32 Å². The van der Waals surface area contributed by atoms with Crippen molar-refractivity contribution in [1.29, 1.82) is 0 Å². The molecule has 4 nitrogen and oxygen atoms in total. The van der Waals surface area contributed by atoms with Gasteiger partial charge in [-0.15, -0.1) is 0 Å². The second kappa shape index (κ2) is 5.36. The highest BCUT2D eigenvalue weighted by molar-refractivity contribution is 5.90. The van der Waals surface area contributed by atoms with E-state index >= 15 is 0 Å². The van der Waals surface area contributed by atoms with Crippen LogP contribution in [0.5, 0.6) is 0 Å². The summed E-state index contributed by atoms with van der Waals surface area (Å²) < 4.78 is 38.6. The van der Waals surface area contributed by atoms with Crippen molar-refractivity contribution in [3.8, 4) is 0 Å². The highest BCUT2D eigenvalue weighted by Crippen LogP contribution is 2.29. The van der Waals surface area contributed by atoms with Crippen molar-refractivity contribution in [2.24, 2.45) is 0 Å². The van der Waals surface area contributed by atoms with Crippen molar-refractivity contribution in [1.82, 2.24) is 9.78 Å². The molecular formula is C13H12F3N3O. The monoisotopic (exact) mass is 283 g/mol. The van der Waals surface area contributed by atoms with Gasteiger partial charge in [0.05, 0.1) is 11.8 Å². The average molecular weight is 283 g/mol. The van der Waals surface area contributed by atoms with Crippen molar-refractivity contribution < 1.29 is 18.0 Å². The molecule has 0 aliphatic heterocycles. The van der Waals surface area contributed by atoms with Gasteiger partial charge in [0.1, 0.15) is 6.54 Å². The maximum atomic E-state index is 12.4. The molecule has 0 unspecified atom stereocenters. The van der Waals surface area contributed by atoms with E-state index in [2.05, 4.69) is 10.4 Å². The first-order valence-corrected chi connectivity index (χ1v) is 5.81. The Bertz CT molecular complexity index is 602. The summed E-state index contributed by atoms with van der Waals surface area (Å²) in [6.45, 7) is 1.85. The van der Waals surface area contributed by atoms with Gasteiger partial charge in [-0.3, -0.25) is 9.48 Å². The van der Waals surface area contributed by atoms with Crippen LogP contribution in [0.15, 0.2) is 36.7 Å². The Labute approximate surface area is 113 Å². The molecule has 0 atom stereocenters. The number of hydrogen-bond donors (Lipinski definition) is 1. The summed E-state index contributed by atoms with van der Waals surface area (Å²) in [4.78, 5) is 11.7. The number of nitrogens with one attached hydrogen (secondary N) is 1. The average Bonchev–Trinajstić information content (AvgIpc) is 2.74. The predicted octanol–water partition coefficient (Wildman–Crippen LogP) is 2.85. The molecule has 106 valence electrons. The third-order valence-electron chi connectivity index (χ3n) is 2.56. The maximum Gasteiger partial charge on any atom is 0.416 e. The Morgan fingerprint density at radius 3 is 2.45 bits per heavy atom. The van der Waals surface area contributed by atoms with Gasteiger partial charge >= 0.3 is 6.18 Å². The lowest BCUT2D eigenvalue weighted by Gasteiger charge is -2.08. The Morgan fingerprint density at radius 1 is 1.30 bits per heavy atom. The van der Waals surface area contributed by atoms with E-state index in [0.717, 1.165) is 17.7 Å². The first kappa shape index (κ1) is 14.1. The summed E-state index contributed by atoms with van der Waals surface area (Å²) >= 11 is 0. The number of anilines is 1. The van der Waals surface area contributed by atoms with Crippen molar-refractivity contribution in [2.45, 2.75) is 19.6 Å². The second-order valence-corrected chi connectivity index (χ2v) is 4.34. The zero-order valence-electron chi connectivity index (χ0n) is 10.6. The molecule has 0 radical (unpaired) electrons. The number of alkyl halides is 3. The summed E-state index contributed by atoms with van der Waals surface area (Å²) in [6.07, 6.45) is -1.06. The summed E-state index contributed by atoms with van der Waals surface area (Å²) in [5, 5.41) is 6.46. The molecule has 1 aromatic carbocycles. The zero-order chi connectivity index (χ0) is 14.8. The van der Waals surface area contributed by atoms with E-state index < -0.39 is 11.7 Å². The summed E-state index contributed by atoms with van der Waals surface area (Å²) in [7, 11) is 0. The zero-order valence-corrected chi connectivity index (χ0v) is 10.6. The highest BCUT2D eigenvalue weighted by atomic mass is 19.4. The minimum Gasteiger partial charge on any atom is -0.324 e. The Balaban J connectivity index is 1.98. The quantitative estimate of drug-likeness (QED) is 0.941. The van der Waals surface area contributed by atoms with Crippen LogP contribution in [0.1, 0.15) is 11.1 Å². The number of carbonyl (C=O) groups is 1. The van der Waals surface area contributed by atoms with Gasteiger partial charge in [-0.25, -0.2) is 0 Å².